The van der Waals surface area contributed by atoms with Crippen LogP contribution in [0.2, 0.25) is 0 Å². The van der Waals surface area contributed by atoms with Gasteiger partial charge in [-0.3, -0.25) is 9.48 Å². The van der Waals surface area contributed by atoms with E-state index in [9.17, 15) is 4.79 Å². The molecule has 0 saturated carbocycles. The molecule has 1 heterocycles. The molecule has 142 valence electrons. The molecule has 4 nitrogen and oxygen atoms in total. The second kappa shape index (κ2) is 9.02. The lowest BCUT2D eigenvalue weighted by molar-refractivity contribution is -0.133. The molecule has 0 saturated heterocycles. The summed E-state index contributed by atoms with van der Waals surface area (Å²) in [6, 6.07) is 10.4. The predicted octanol–water partition coefficient (Wildman–Crippen LogP) is 4.53. The van der Waals surface area contributed by atoms with Gasteiger partial charge in [0.2, 0.25) is 5.91 Å². The van der Waals surface area contributed by atoms with Gasteiger partial charge in [0.25, 0.3) is 0 Å². The van der Waals surface area contributed by atoms with Gasteiger partial charge in [-0.2, -0.15) is 5.10 Å². The highest BCUT2D eigenvalue weighted by atomic mass is 16.2. The minimum absolute atomic E-state index is 0.179. The Kier molecular flexibility index (Phi) is 7.01. The number of carbonyl (C=O) groups is 1. The molecule has 0 aliphatic carbocycles. The second-order valence-electron chi connectivity index (χ2n) is 7.67. The van der Waals surface area contributed by atoms with Crippen LogP contribution in [0.15, 0.2) is 30.3 Å². The van der Waals surface area contributed by atoms with E-state index in [1.54, 1.807) is 0 Å². The maximum Gasteiger partial charge on any atom is 0.227 e. The van der Waals surface area contributed by atoms with Gasteiger partial charge >= 0.3 is 0 Å². The fourth-order valence-corrected chi connectivity index (χ4v) is 3.26. The molecule has 0 aliphatic heterocycles. The molecule has 1 amide bonds. The summed E-state index contributed by atoms with van der Waals surface area (Å²) in [5.74, 6) is 0.713. The van der Waals surface area contributed by atoms with Gasteiger partial charge in [-0.1, -0.05) is 51.1 Å². The number of carbonyl (C=O) groups excluding carboxylic acids is 1. The van der Waals surface area contributed by atoms with Gasteiger partial charge in [0, 0.05) is 30.4 Å². The molecule has 0 spiro atoms. The van der Waals surface area contributed by atoms with Gasteiger partial charge in [0.15, 0.2) is 0 Å². The van der Waals surface area contributed by atoms with Crippen LogP contribution in [0.1, 0.15) is 56.6 Å². The largest absolute Gasteiger partial charge is 0.335 e. The highest BCUT2D eigenvalue weighted by Crippen LogP contribution is 2.19. The van der Waals surface area contributed by atoms with Crippen LogP contribution < -0.4 is 0 Å². The maximum atomic E-state index is 13.1. The van der Waals surface area contributed by atoms with E-state index < -0.39 is 0 Å². The van der Waals surface area contributed by atoms with E-state index in [2.05, 4.69) is 51.9 Å². The summed E-state index contributed by atoms with van der Waals surface area (Å²) in [5.41, 5.74) is 4.34. The zero-order valence-corrected chi connectivity index (χ0v) is 17.1. The third kappa shape index (κ3) is 4.96. The highest BCUT2D eigenvalue weighted by Gasteiger charge is 2.23. The Labute approximate surface area is 158 Å². The van der Waals surface area contributed by atoms with Crippen molar-refractivity contribution >= 4 is 5.91 Å². The molecule has 0 fully saturated rings. The normalized spacial score (nSPS) is 12.4. The van der Waals surface area contributed by atoms with E-state index >= 15 is 0 Å². The Morgan fingerprint density at radius 3 is 2.38 bits per heavy atom. The van der Waals surface area contributed by atoms with Crippen molar-refractivity contribution in [2.75, 3.05) is 0 Å². The molecule has 1 unspecified atom stereocenters. The second-order valence-corrected chi connectivity index (χ2v) is 7.67. The molecule has 2 rings (SSSR count). The quantitative estimate of drug-likeness (QED) is 0.698. The molecular formula is C22H33N3O. The SMILES string of the molecule is CCC(C)N(Cc1ccccc1)C(=O)Cc1c(C)nn(CC(C)C)c1C. The molecule has 0 radical (unpaired) electrons. The Hall–Kier alpha value is -2.10. The van der Waals surface area contributed by atoms with Crippen molar-refractivity contribution < 1.29 is 4.79 Å². The lowest BCUT2D eigenvalue weighted by atomic mass is 10.1. The number of benzene rings is 1. The number of aryl methyl sites for hydroxylation is 1. The van der Waals surface area contributed by atoms with E-state index in [-0.39, 0.29) is 11.9 Å². The number of hydrogen-bond acceptors (Lipinski definition) is 2. The highest BCUT2D eigenvalue weighted by molar-refractivity contribution is 5.79. The molecule has 2 aromatic rings. The first-order valence-electron chi connectivity index (χ1n) is 9.69. The van der Waals surface area contributed by atoms with E-state index in [0.717, 1.165) is 29.9 Å². The standard InChI is InChI=1S/C22H33N3O/c1-7-17(4)24(15-20-11-9-8-10-12-20)22(26)13-21-18(5)23-25(19(21)6)14-16(2)3/h8-12,16-17H,7,13-15H2,1-6H3. The smallest absolute Gasteiger partial charge is 0.227 e. The third-order valence-electron chi connectivity index (χ3n) is 5.04. The first kappa shape index (κ1) is 20.2. The number of aromatic nitrogens is 2. The monoisotopic (exact) mass is 355 g/mol. The van der Waals surface area contributed by atoms with E-state index in [0.29, 0.717) is 18.9 Å². The summed E-state index contributed by atoms with van der Waals surface area (Å²) in [7, 11) is 0. The molecule has 4 heteroatoms. The van der Waals surface area contributed by atoms with Gasteiger partial charge < -0.3 is 4.90 Å². The van der Waals surface area contributed by atoms with E-state index in [4.69, 9.17) is 0 Å². The van der Waals surface area contributed by atoms with Gasteiger partial charge in [0.05, 0.1) is 12.1 Å². The summed E-state index contributed by atoms with van der Waals surface area (Å²) in [5, 5.41) is 4.66. The van der Waals surface area contributed by atoms with Gasteiger partial charge in [-0.25, -0.2) is 0 Å². The van der Waals surface area contributed by atoms with Gasteiger partial charge in [-0.15, -0.1) is 0 Å². The molecular weight excluding hydrogens is 322 g/mol. The predicted molar refractivity (Wildman–Crippen MR) is 107 cm³/mol. The van der Waals surface area contributed by atoms with Crippen LogP contribution in [0.4, 0.5) is 0 Å². The molecule has 0 bridgehead atoms. The fourth-order valence-electron chi connectivity index (χ4n) is 3.26. The summed E-state index contributed by atoms with van der Waals surface area (Å²) in [4.78, 5) is 15.2. The topological polar surface area (TPSA) is 38.1 Å². The Morgan fingerprint density at radius 2 is 1.81 bits per heavy atom. The third-order valence-corrected chi connectivity index (χ3v) is 5.04. The molecule has 1 atom stereocenters. The number of rotatable bonds is 8. The fraction of sp³-hybridized carbons (Fsp3) is 0.545. The zero-order valence-electron chi connectivity index (χ0n) is 17.1. The van der Waals surface area contributed by atoms with Crippen molar-refractivity contribution in [3.8, 4) is 0 Å². The summed E-state index contributed by atoms with van der Waals surface area (Å²) in [6.07, 6.45) is 1.37. The molecule has 1 aromatic heterocycles. The zero-order chi connectivity index (χ0) is 19.3. The van der Waals surface area contributed by atoms with Crippen molar-refractivity contribution in [1.82, 2.24) is 14.7 Å². The lowest BCUT2D eigenvalue weighted by Crippen LogP contribution is -2.38. The first-order valence-corrected chi connectivity index (χ1v) is 9.69. The van der Waals surface area contributed by atoms with Crippen LogP contribution in [0.3, 0.4) is 0 Å². The van der Waals surface area contributed by atoms with Gasteiger partial charge in [-0.05, 0) is 38.7 Å². The number of hydrogen-bond donors (Lipinski definition) is 0. The van der Waals surface area contributed by atoms with Crippen LogP contribution in [0.25, 0.3) is 0 Å². The lowest BCUT2D eigenvalue weighted by Gasteiger charge is -2.29. The molecule has 0 aliphatic rings. The van der Waals surface area contributed by atoms with Crippen LogP contribution in [-0.4, -0.2) is 26.6 Å². The van der Waals surface area contributed by atoms with Gasteiger partial charge in [0.1, 0.15) is 0 Å². The van der Waals surface area contributed by atoms with Crippen LogP contribution in [-0.2, 0) is 24.3 Å². The first-order chi connectivity index (χ1) is 12.3. The van der Waals surface area contributed by atoms with Crippen molar-refractivity contribution in [2.45, 2.75) is 73.5 Å². The van der Waals surface area contributed by atoms with Crippen molar-refractivity contribution in [3.05, 3.63) is 52.8 Å². The minimum atomic E-state index is 0.179. The Balaban J connectivity index is 2.20. The summed E-state index contributed by atoms with van der Waals surface area (Å²) < 4.78 is 2.05. The van der Waals surface area contributed by atoms with Crippen molar-refractivity contribution in [3.63, 3.8) is 0 Å². The number of amides is 1. The number of nitrogens with zero attached hydrogens (tertiary/aromatic N) is 3. The summed E-state index contributed by atoms with van der Waals surface area (Å²) >= 11 is 0. The molecule has 1 aromatic carbocycles. The van der Waals surface area contributed by atoms with Crippen LogP contribution >= 0.6 is 0 Å². The Bertz CT molecular complexity index is 718. The average molecular weight is 356 g/mol. The van der Waals surface area contributed by atoms with E-state index in [1.165, 1.54) is 5.56 Å². The van der Waals surface area contributed by atoms with Crippen LogP contribution in [0.5, 0.6) is 0 Å². The average Bonchev–Trinajstić information content (AvgIpc) is 2.86. The minimum Gasteiger partial charge on any atom is -0.335 e. The molecule has 0 N–H and O–H groups in total. The maximum absolute atomic E-state index is 13.1. The van der Waals surface area contributed by atoms with Crippen molar-refractivity contribution in [1.29, 1.82) is 0 Å². The van der Waals surface area contributed by atoms with Crippen molar-refractivity contribution in [2.24, 2.45) is 5.92 Å². The van der Waals surface area contributed by atoms with E-state index in [1.807, 2.05) is 34.7 Å². The summed E-state index contributed by atoms with van der Waals surface area (Å²) in [6.45, 7) is 14.3. The molecule has 26 heavy (non-hydrogen) atoms. The Morgan fingerprint density at radius 1 is 1.15 bits per heavy atom. The van der Waals surface area contributed by atoms with Crippen LogP contribution in [0, 0.1) is 19.8 Å².